The first-order valence-electron chi connectivity index (χ1n) is 5.59. The van der Waals surface area contributed by atoms with E-state index in [0.717, 1.165) is 10.8 Å². The Kier molecular flexibility index (Phi) is 5.12. The fourth-order valence-electron chi connectivity index (χ4n) is 1.72. The minimum atomic E-state index is -2.98. The average molecular weight is 281 g/mol. The van der Waals surface area contributed by atoms with E-state index in [2.05, 4.69) is 0 Å². The highest BCUT2D eigenvalue weighted by Gasteiger charge is 2.34. The fraction of sp³-hybridized carbons (Fsp3) is 0.900. The molecule has 0 spiro atoms. The summed E-state index contributed by atoms with van der Waals surface area (Å²) in [6.07, 6.45) is 1.57. The van der Waals surface area contributed by atoms with Crippen LogP contribution >= 0.6 is 10.8 Å². The van der Waals surface area contributed by atoms with Crippen molar-refractivity contribution in [3.05, 3.63) is 0 Å². The Labute approximate surface area is 106 Å². The van der Waals surface area contributed by atoms with E-state index in [0.29, 0.717) is 31.2 Å². The zero-order valence-electron chi connectivity index (χ0n) is 10.4. The molecule has 1 rings (SSSR count). The van der Waals surface area contributed by atoms with Crippen molar-refractivity contribution in [1.82, 2.24) is 4.90 Å². The highest BCUT2D eigenvalue weighted by Crippen LogP contribution is 2.20. The molecule has 0 N–H and O–H groups in total. The molecule has 0 aromatic heterocycles. The van der Waals surface area contributed by atoms with Crippen LogP contribution in [0.2, 0.25) is 0 Å². The average Bonchev–Trinajstić information content (AvgIpc) is 2.53. The van der Waals surface area contributed by atoms with Gasteiger partial charge in [-0.15, -0.1) is 0 Å². The Morgan fingerprint density at radius 2 is 2.18 bits per heavy atom. The number of cyclic esters (lactones) is 1. The van der Waals surface area contributed by atoms with Crippen LogP contribution in [-0.2, 0) is 13.6 Å². The van der Waals surface area contributed by atoms with Gasteiger partial charge >= 0.3 is 6.09 Å². The summed E-state index contributed by atoms with van der Waals surface area (Å²) in [6.45, 7) is 5.09. The van der Waals surface area contributed by atoms with Crippen molar-refractivity contribution < 1.29 is 17.9 Å². The highest BCUT2D eigenvalue weighted by molar-refractivity contribution is 8.71. The molecule has 0 aromatic carbocycles. The first kappa shape index (κ1) is 14.6. The Bertz CT molecular complexity index is 367. The quantitative estimate of drug-likeness (QED) is 0.546. The first-order valence-corrected chi connectivity index (χ1v) is 8.98. The zero-order valence-corrected chi connectivity index (χ0v) is 12.0. The smallest absolute Gasteiger partial charge is 0.410 e. The molecule has 0 bridgehead atoms. The number of hydrogen-bond donors (Lipinski definition) is 0. The summed E-state index contributed by atoms with van der Waals surface area (Å²) in [5, 5.41) is 0. The zero-order chi connectivity index (χ0) is 13.1. The van der Waals surface area contributed by atoms with Crippen LogP contribution in [0.4, 0.5) is 4.79 Å². The second-order valence-electron chi connectivity index (χ2n) is 4.46. The van der Waals surface area contributed by atoms with Crippen LogP contribution in [0.25, 0.3) is 0 Å². The van der Waals surface area contributed by atoms with Crippen molar-refractivity contribution in [3.63, 3.8) is 0 Å². The van der Waals surface area contributed by atoms with Crippen LogP contribution in [0, 0.1) is 5.92 Å². The summed E-state index contributed by atoms with van der Waals surface area (Å²) in [6, 6.07) is 0.116. The van der Waals surface area contributed by atoms with E-state index in [1.807, 2.05) is 13.8 Å². The number of carbonyl (C=O) groups excluding carboxylic acids is 1. The standard InChI is InChI=1S/C10H19NO4S2/c1-8(2)9-7-15-10(12)11(9)5-4-6-16-17(3,13)14/h8-9H,4-7H2,1-3H3/t9-/m1/s1. The van der Waals surface area contributed by atoms with Gasteiger partial charge in [0.25, 0.3) is 0 Å². The molecule has 1 amide bonds. The van der Waals surface area contributed by atoms with Gasteiger partial charge in [0, 0.05) is 18.6 Å². The number of nitrogens with zero attached hydrogens (tertiary/aromatic N) is 1. The van der Waals surface area contributed by atoms with E-state index in [4.69, 9.17) is 4.74 Å². The summed E-state index contributed by atoms with van der Waals surface area (Å²) in [7, 11) is -2.06. The molecule has 1 aliphatic heterocycles. The van der Waals surface area contributed by atoms with E-state index >= 15 is 0 Å². The van der Waals surface area contributed by atoms with E-state index in [1.54, 1.807) is 4.90 Å². The molecule has 17 heavy (non-hydrogen) atoms. The number of amides is 1. The van der Waals surface area contributed by atoms with Crippen LogP contribution in [0.1, 0.15) is 20.3 Å². The van der Waals surface area contributed by atoms with E-state index in [9.17, 15) is 13.2 Å². The molecule has 1 fully saturated rings. The van der Waals surface area contributed by atoms with Gasteiger partial charge in [-0.05, 0) is 23.1 Å². The SMILES string of the molecule is CC(C)[C@H]1COC(=O)N1CCCSS(C)(=O)=O. The third-order valence-electron chi connectivity index (χ3n) is 2.62. The summed E-state index contributed by atoms with van der Waals surface area (Å²) in [5.74, 6) is 0.858. The minimum absolute atomic E-state index is 0.116. The van der Waals surface area contributed by atoms with E-state index in [-0.39, 0.29) is 12.1 Å². The fourth-order valence-corrected chi connectivity index (χ4v) is 3.53. The van der Waals surface area contributed by atoms with Crippen molar-refractivity contribution in [2.75, 3.05) is 25.2 Å². The molecular weight excluding hydrogens is 262 g/mol. The maximum absolute atomic E-state index is 11.5. The van der Waals surface area contributed by atoms with E-state index in [1.165, 1.54) is 6.26 Å². The molecule has 1 saturated heterocycles. The highest BCUT2D eigenvalue weighted by atomic mass is 33.1. The van der Waals surface area contributed by atoms with Crippen molar-refractivity contribution in [2.24, 2.45) is 5.92 Å². The van der Waals surface area contributed by atoms with E-state index < -0.39 is 8.87 Å². The number of rotatable bonds is 6. The van der Waals surface area contributed by atoms with Gasteiger partial charge in [-0.3, -0.25) is 0 Å². The van der Waals surface area contributed by atoms with Gasteiger partial charge in [-0.2, -0.15) is 0 Å². The van der Waals surface area contributed by atoms with Gasteiger partial charge in [0.1, 0.15) is 6.61 Å². The molecule has 5 nitrogen and oxygen atoms in total. The van der Waals surface area contributed by atoms with Crippen LogP contribution in [0.15, 0.2) is 0 Å². The normalized spacial score (nSPS) is 21.1. The second kappa shape index (κ2) is 5.95. The summed E-state index contributed by atoms with van der Waals surface area (Å²) in [5.41, 5.74) is 0. The lowest BCUT2D eigenvalue weighted by atomic mass is 10.0. The van der Waals surface area contributed by atoms with Gasteiger partial charge in [0.15, 0.2) is 8.87 Å². The van der Waals surface area contributed by atoms with Crippen LogP contribution < -0.4 is 0 Å². The molecule has 1 heterocycles. The largest absolute Gasteiger partial charge is 0.447 e. The Balaban J connectivity index is 2.37. The number of hydrogen-bond acceptors (Lipinski definition) is 5. The molecule has 0 aliphatic carbocycles. The molecule has 0 unspecified atom stereocenters. The minimum Gasteiger partial charge on any atom is -0.447 e. The lowest BCUT2D eigenvalue weighted by Gasteiger charge is -2.23. The first-order chi connectivity index (χ1) is 7.81. The predicted octanol–water partition coefficient (Wildman–Crippen LogP) is 1.55. The van der Waals surface area contributed by atoms with Gasteiger partial charge in [-0.25, -0.2) is 13.2 Å². The Morgan fingerprint density at radius 3 is 2.71 bits per heavy atom. The van der Waals surface area contributed by atoms with Gasteiger partial charge < -0.3 is 9.64 Å². The van der Waals surface area contributed by atoms with Crippen LogP contribution in [-0.4, -0.2) is 50.6 Å². The van der Waals surface area contributed by atoms with Crippen molar-refractivity contribution in [1.29, 1.82) is 0 Å². The molecular formula is C10H19NO4S2. The molecule has 0 radical (unpaired) electrons. The maximum atomic E-state index is 11.5. The number of carbonyl (C=O) groups is 1. The van der Waals surface area contributed by atoms with Crippen molar-refractivity contribution in [2.45, 2.75) is 26.3 Å². The molecule has 1 aliphatic rings. The summed E-state index contributed by atoms with van der Waals surface area (Å²) < 4.78 is 26.8. The second-order valence-corrected chi connectivity index (χ2v) is 9.04. The van der Waals surface area contributed by atoms with Gasteiger partial charge in [-0.1, -0.05) is 13.8 Å². The predicted molar refractivity (Wildman–Crippen MR) is 68.6 cm³/mol. The van der Waals surface area contributed by atoms with Crippen molar-refractivity contribution in [3.8, 4) is 0 Å². The molecule has 7 heteroatoms. The molecule has 0 saturated carbocycles. The monoisotopic (exact) mass is 281 g/mol. The van der Waals surface area contributed by atoms with Crippen molar-refractivity contribution >= 4 is 25.8 Å². The lowest BCUT2D eigenvalue weighted by Crippen LogP contribution is -2.37. The Morgan fingerprint density at radius 1 is 1.53 bits per heavy atom. The lowest BCUT2D eigenvalue weighted by molar-refractivity contribution is 0.157. The summed E-state index contributed by atoms with van der Waals surface area (Å²) in [4.78, 5) is 13.2. The maximum Gasteiger partial charge on any atom is 0.410 e. The number of ether oxygens (including phenoxy) is 1. The van der Waals surface area contributed by atoms with Crippen LogP contribution in [0.5, 0.6) is 0 Å². The third kappa shape index (κ3) is 4.75. The van der Waals surface area contributed by atoms with Gasteiger partial charge in [0.2, 0.25) is 0 Å². The molecule has 0 aromatic rings. The van der Waals surface area contributed by atoms with Gasteiger partial charge in [0.05, 0.1) is 6.04 Å². The summed E-state index contributed by atoms with van der Waals surface area (Å²) >= 11 is 0. The Hall–Kier alpha value is -0.430. The van der Waals surface area contributed by atoms with Crippen LogP contribution in [0.3, 0.4) is 0 Å². The molecule has 1 atom stereocenters. The topological polar surface area (TPSA) is 63.7 Å². The third-order valence-corrected chi connectivity index (χ3v) is 5.29. The molecule has 100 valence electrons.